The van der Waals surface area contributed by atoms with Crippen LogP contribution in [0.1, 0.15) is 31.8 Å². The minimum atomic E-state index is -4.51. The van der Waals surface area contributed by atoms with Crippen LogP contribution >= 0.6 is 0 Å². The van der Waals surface area contributed by atoms with Crippen LogP contribution in [0.4, 0.5) is 22.7 Å². The van der Waals surface area contributed by atoms with E-state index < -0.39 is 43.9 Å². The molecule has 0 fully saturated rings. The molecule has 0 aliphatic heterocycles. The number of carbonyl (C=O) groups excluding carboxylic acids is 4. The van der Waals surface area contributed by atoms with Gasteiger partial charge in [0, 0.05) is 33.3 Å². The number of amides is 4. The number of aromatic hydroxyl groups is 2. The zero-order chi connectivity index (χ0) is 40.7. The van der Waals surface area contributed by atoms with Crippen LogP contribution in [0.5, 0.6) is 11.5 Å². The minimum Gasteiger partial charge on any atom is -0.506 e. The summed E-state index contributed by atoms with van der Waals surface area (Å²) >= 11 is 0. The molecule has 0 aliphatic rings. The maximum atomic E-state index is 13.4. The topological polar surface area (TPSA) is 266 Å². The van der Waals surface area contributed by atoms with Crippen LogP contribution in [-0.4, -0.2) is 59.8 Å². The van der Waals surface area contributed by atoms with Crippen molar-refractivity contribution in [3.8, 4) is 11.5 Å². The lowest BCUT2D eigenvalue weighted by Crippen LogP contribution is -2.29. The van der Waals surface area contributed by atoms with Gasteiger partial charge >= 0.3 is 11.8 Å². The first-order valence-electron chi connectivity index (χ1n) is 16.2. The molecule has 4 amide bonds. The molecular formula is C38H30N4O12S2. The lowest BCUT2D eigenvalue weighted by atomic mass is 10.0. The molecule has 286 valence electrons. The fourth-order valence-electron chi connectivity index (χ4n) is 5.80. The van der Waals surface area contributed by atoms with Gasteiger partial charge in [-0.05, 0) is 96.4 Å². The number of nitrogens with one attached hydrogen (secondary N) is 4. The third-order valence-electron chi connectivity index (χ3n) is 8.70. The number of rotatable bonds is 8. The maximum Gasteiger partial charge on any atom is 0.314 e. The number of fused-ring (bicyclic) bond motifs is 2. The molecule has 16 nitrogen and oxygen atoms in total. The minimum absolute atomic E-state index is 0.0445. The predicted molar refractivity (Wildman–Crippen MR) is 206 cm³/mol. The van der Waals surface area contributed by atoms with E-state index in [1.807, 2.05) is 0 Å². The van der Waals surface area contributed by atoms with Gasteiger partial charge in [0.05, 0.1) is 21.2 Å². The Bertz CT molecular complexity index is 2700. The second-order valence-electron chi connectivity index (χ2n) is 12.5. The van der Waals surface area contributed by atoms with E-state index in [1.54, 1.807) is 13.8 Å². The van der Waals surface area contributed by atoms with Gasteiger partial charge in [0.25, 0.3) is 32.1 Å². The summed E-state index contributed by atoms with van der Waals surface area (Å²) in [7, 11) is -9.03. The summed E-state index contributed by atoms with van der Waals surface area (Å²) in [5.41, 5.74) is 1.06. The third-order valence-corrected chi connectivity index (χ3v) is 10.4. The number of phenols is 2. The number of hydrogen-bond donors (Lipinski definition) is 8. The van der Waals surface area contributed by atoms with Crippen LogP contribution < -0.4 is 21.3 Å². The molecule has 0 spiro atoms. The number of benzene rings is 6. The van der Waals surface area contributed by atoms with Crippen LogP contribution in [0.2, 0.25) is 0 Å². The highest BCUT2D eigenvalue weighted by molar-refractivity contribution is 7.86. The van der Waals surface area contributed by atoms with Crippen molar-refractivity contribution in [3.63, 3.8) is 0 Å². The Morgan fingerprint density at radius 1 is 0.482 bits per heavy atom. The fraction of sp³-hybridized carbons (Fsp3) is 0.0526. The summed E-state index contributed by atoms with van der Waals surface area (Å²) in [6.07, 6.45) is 0. The van der Waals surface area contributed by atoms with E-state index in [4.69, 9.17) is 0 Å². The molecule has 0 aromatic heterocycles. The van der Waals surface area contributed by atoms with Crippen molar-refractivity contribution in [2.45, 2.75) is 23.6 Å². The highest BCUT2D eigenvalue weighted by atomic mass is 32.2. The summed E-state index contributed by atoms with van der Waals surface area (Å²) in [6, 6.07) is 21.0. The van der Waals surface area contributed by atoms with E-state index in [0.717, 1.165) is 12.1 Å². The second kappa shape index (κ2) is 14.8. The molecule has 6 rings (SSSR count). The van der Waals surface area contributed by atoms with Gasteiger partial charge in [0.2, 0.25) is 0 Å². The first-order valence-corrected chi connectivity index (χ1v) is 19.1. The first-order chi connectivity index (χ1) is 26.3. The van der Waals surface area contributed by atoms with E-state index >= 15 is 0 Å². The van der Waals surface area contributed by atoms with Gasteiger partial charge in [-0.3, -0.25) is 28.3 Å². The maximum absolute atomic E-state index is 13.4. The molecule has 6 aromatic carbocycles. The summed E-state index contributed by atoms with van der Waals surface area (Å²) in [4.78, 5) is 52.0. The largest absolute Gasteiger partial charge is 0.506 e. The van der Waals surface area contributed by atoms with Gasteiger partial charge in [0.1, 0.15) is 11.5 Å². The van der Waals surface area contributed by atoms with E-state index in [-0.39, 0.29) is 65.9 Å². The fourth-order valence-corrected chi connectivity index (χ4v) is 6.83. The standard InChI is InChI=1S/C38H30N4O12S2/c1-19-3-7-23(17-29(19)35(45)41-33-27-11-9-25(55(49,50)51)15-21(27)5-13-31(33)43)39-37(47)38(48)40-24-8-4-20(2)30(18-24)36(46)42-34-28-12-10-26(56(52,53)54)16-22(28)6-14-32(34)44/h3-18,43-44H,1-2H3,(H,39,47)(H,40,48)(H,41,45)(H,42,46)(H,49,50,51)(H,52,53,54). The number of hydrogen-bond acceptors (Lipinski definition) is 10. The molecule has 0 atom stereocenters. The molecule has 56 heavy (non-hydrogen) atoms. The van der Waals surface area contributed by atoms with Crippen molar-refractivity contribution in [1.29, 1.82) is 0 Å². The average molecular weight is 799 g/mol. The molecule has 0 saturated heterocycles. The summed E-state index contributed by atoms with van der Waals surface area (Å²) < 4.78 is 65.2. The predicted octanol–water partition coefficient (Wildman–Crippen LogP) is 5.60. The highest BCUT2D eigenvalue weighted by Crippen LogP contribution is 2.36. The Hall–Kier alpha value is -6.86. The van der Waals surface area contributed by atoms with Gasteiger partial charge < -0.3 is 31.5 Å². The summed E-state index contributed by atoms with van der Waals surface area (Å²) in [5, 5.41) is 32.2. The van der Waals surface area contributed by atoms with Gasteiger partial charge in [-0.15, -0.1) is 0 Å². The van der Waals surface area contributed by atoms with Crippen molar-refractivity contribution in [2.24, 2.45) is 0 Å². The van der Waals surface area contributed by atoms with E-state index in [0.29, 0.717) is 21.9 Å². The van der Waals surface area contributed by atoms with Crippen LogP contribution in [-0.2, 0) is 29.8 Å². The summed E-state index contributed by atoms with van der Waals surface area (Å²) in [6.45, 7) is 3.22. The molecule has 6 aromatic rings. The van der Waals surface area contributed by atoms with Crippen LogP contribution in [0.25, 0.3) is 21.5 Å². The number of phenolic OH excluding ortho intramolecular Hbond substituents is 2. The molecule has 0 bridgehead atoms. The molecule has 8 N–H and O–H groups in total. The Kier molecular flexibility index (Phi) is 10.2. The van der Waals surface area contributed by atoms with E-state index in [1.165, 1.54) is 84.9 Å². The van der Waals surface area contributed by atoms with Crippen LogP contribution in [0, 0.1) is 13.8 Å². The average Bonchev–Trinajstić information content (AvgIpc) is 3.14. The summed E-state index contributed by atoms with van der Waals surface area (Å²) in [5.74, 6) is -4.34. The van der Waals surface area contributed by atoms with Crippen LogP contribution in [0.15, 0.2) is 107 Å². The zero-order valence-corrected chi connectivity index (χ0v) is 30.7. The molecule has 0 heterocycles. The van der Waals surface area contributed by atoms with E-state index in [9.17, 15) is 55.3 Å². The molecule has 0 radical (unpaired) electrons. The van der Waals surface area contributed by atoms with Crippen molar-refractivity contribution in [3.05, 3.63) is 119 Å². The molecular weight excluding hydrogens is 769 g/mol. The lowest BCUT2D eigenvalue weighted by molar-refractivity contribution is -0.132. The smallest absolute Gasteiger partial charge is 0.314 e. The zero-order valence-electron chi connectivity index (χ0n) is 29.1. The first kappa shape index (κ1) is 38.9. The number of carbonyl (C=O) groups is 4. The molecule has 18 heteroatoms. The number of anilines is 4. The molecule has 0 aliphatic carbocycles. The van der Waals surface area contributed by atoms with Gasteiger partial charge in [-0.1, -0.05) is 36.4 Å². The Morgan fingerprint density at radius 2 is 0.857 bits per heavy atom. The van der Waals surface area contributed by atoms with E-state index in [2.05, 4.69) is 21.3 Å². The van der Waals surface area contributed by atoms with Crippen molar-refractivity contribution >= 4 is 88.2 Å². The SMILES string of the molecule is Cc1ccc(NC(=O)C(=O)Nc2ccc(C)c(C(=O)Nc3c(O)ccc4cc(S(=O)(=O)O)ccc34)c2)cc1C(=O)Nc1c(O)ccc2cc(S(=O)(=O)O)ccc12. The molecule has 0 unspecified atom stereocenters. The number of aryl methyl sites for hydroxylation is 2. The van der Waals surface area contributed by atoms with Crippen molar-refractivity contribution < 1.29 is 55.3 Å². The Labute approximate surface area is 318 Å². The van der Waals surface area contributed by atoms with Gasteiger partial charge in [-0.25, -0.2) is 0 Å². The Morgan fingerprint density at radius 3 is 1.21 bits per heavy atom. The van der Waals surface area contributed by atoms with Gasteiger partial charge in [0.15, 0.2) is 0 Å². The highest BCUT2D eigenvalue weighted by Gasteiger charge is 2.21. The van der Waals surface area contributed by atoms with Gasteiger partial charge in [-0.2, -0.15) is 16.8 Å². The second-order valence-corrected chi connectivity index (χ2v) is 15.4. The lowest BCUT2D eigenvalue weighted by Gasteiger charge is -2.14. The quantitative estimate of drug-likeness (QED) is 0.0532. The monoisotopic (exact) mass is 798 g/mol. The third kappa shape index (κ3) is 8.12. The van der Waals surface area contributed by atoms with Crippen molar-refractivity contribution in [1.82, 2.24) is 0 Å². The van der Waals surface area contributed by atoms with Crippen LogP contribution in [0.3, 0.4) is 0 Å². The molecule has 0 saturated carbocycles. The van der Waals surface area contributed by atoms with Crippen molar-refractivity contribution in [2.75, 3.05) is 21.3 Å². The Balaban J connectivity index is 1.16. The normalized spacial score (nSPS) is 11.6.